The Morgan fingerprint density at radius 2 is 1.94 bits per heavy atom. The van der Waals surface area contributed by atoms with Crippen molar-refractivity contribution in [3.8, 4) is 0 Å². The maximum atomic E-state index is 11.6. The minimum absolute atomic E-state index is 0.0872. The van der Waals surface area contributed by atoms with E-state index in [0.717, 1.165) is 11.6 Å². The highest BCUT2D eigenvalue weighted by Gasteiger charge is 2.29. The van der Waals surface area contributed by atoms with Crippen LogP contribution >= 0.6 is 0 Å². The summed E-state index contributed by atoms with van der Waals surface area (Å²) in [4.78, 5) is 16.0. The van der Waals surface area contributed by atoms with E-state index < -0.39 is 5.41 Å². The van der Waals surface area contributed by atoms with Crippen LogP contribution in [0.5, 0.6) is 0 Å². The Kier molecular flexibility index (Phi) is 4.20. The van der Waals surface area contributed by atoms with Crippen molar-refractivity contribution in [2.45, 2.75) is 52.9 Å². The number of ether oxygens (including phenoxy) is 1. The number of hydrogen-bond acceptors (Lipinski definition) is 4. The Morgan fingerprint density at radius 3 is 2.39 bits per heavy atom. The molecule has 0 bridgehead atoms. The van der Waals surface area contributed by atoms with Crippen LogP contribution in [0, 0.1) is 5.41 Å². The van der Waals surface area contributed by atoms with Gasteiger partial charge in [0.15, 0.2) is 5.89 Å². The molecule has 0 unspecified atom stereocenters. The summed E-state index contributed by atoms with van der Waals surface area (Å²) >= 11 is 0. The summed E-state index contributed by atoms with van der Waals surface area (Å²) in [6.07, 6.45) is 3.07. The number of esters is 1. The van der Waals surface area contributed by atoms with E-state index in [-0.39, 0.29) is 11.4 Å². The van der Waals surface area contributed by atoms with E-state index in [1.165, 1.54) is 7.11 Å². The van der Waals surface area contributed by atoms with Gasteiger partial charge in [-0.1, -0.05) is 20.8 Å². The Bertz CT molecular complexity index is 413. The zero-order valence-electron chi connectivity index (χ0n) is 12.2. The lowest BCUT2D eigenvalue weighted by Gasteiger charge is -2.20. The Balaban J connectivity index is 2.65. The van der Waals surface area contributed by atoms with Gasteiger partial charge in [0.2, 0.25) is 0 Å². The fraction of sp³-hybridized carbons (Fsp3) is 0.714. The standard InChI is InChI=1S/C14H23NO3/c1-13(2,3)11-15-10(9-18-11)7-8-14(4,5)12(16)17-6/h9H,7-8H2,1-6H3. The summed E-state index contributed by atoms with van der Waals surface area (Å²) in [5.74, 6) is 0.537. The van der Waals surface area contributed by atoms with Gasteiger partial charge in [-0.2, -0.15) is 0 Å². The number of hydrogen-bond donors (Lipinski definition) is 0. The third-order valence-electron chi connectivity index (χ3n) is 2.94. The molecule has 1 aromatic heterocycles. The van der Waals surface area contributed by atoms with Gasteiger partial charge in [-0.05, 0) is 26.7 Å². The van der Waals surface area contributed by atoms with E-state index in [1.54, 1.807) is 6.26 Å². The smallest absolute Gasteiger partial charge is 0.311 e. The minimum Gasteiger partial charge on any atom is -0.469 e. The van der Waals surface area contributed by atoms with E-state index in [9.17, 15) is 4.79 Å². The Morgan fingerprint density at radius 1 is 1.33 bits per heavy atom. The lowest BCUT2D eigenvalue weighted by molar-refractivity contribution is -0.151. The monoisotopic (exact) mass is 253 g/mol. The van der Waals surface area contributed by atoms with Crippen molar-refractivity contribution in [3.05, 3.63) is 17.8 Å². The molecule has 0 aliphatic carbocycles. The van der Waals surface area contributed by atoms with Crippen molar-refractivity contribution in [2.75, 3.05) is 7.11 Å². The van der Waals surface area contributed by atoms with Crippen molar-refractivity contribution in [2.24, 2.45) is 5.41 Å². The SMILES string of the molecule is COC(=O)C(C)(C)CCc1coc(C(C)(C)C)n1. The molecule has 0 aliphatic heterocycles. The second kappa shape index (κ2) is 5.12. The first-order valence-electron chi connectivity index (χ1n) is 6.20. The van der Waals surface area contributed by atoms with Crippen molar-refractivity contribution < 1.29 is 13.9 Å². The van der Waals surface area contributed by atoms with E-state index in [0.29, 0.717) is 12.8 Å². The average Bonchev–Trinajstić information content (AvgIpc) is 2.73. The predicted molar refractivity (Wildman–Crippen MR) is 69.3 cm³/mol. The first-order chi connectivity index (χ1) is 8.16. The van der Waals surface area contributed by atoms with Crippen molar-refractivity contribution in [1.82, 2.24) is 4.98 Å². The zero-order valence-corrected chi connectivity index (χ0v) is 12.2. The van der Waals surface area contributed by atoms with Gasteiger partial charge in [0.1, 0.15) is 6.26 Å². The average molecular weight is 253 g/mol. The van der Waals surface area contributed by atoms with Gasteiger partial charge in [-0.15, -0.1) is 0 Å². The van der Waals surface area contributed by atoms with Crippen molar-refractivity contribution >= 4 is 5.97 Å². The Hall–Kier alpha value is -1.32. The molecule has 0 aliphatic rings. The minimum atomic E-state index is -0.490. The molecule has 0 saturated heterocycles. The van der Waals surface area contributed by atoms with Gasteiger partial charge in [0, 0.05) is 5.41 Å². The molecule has 4 heteroatoms. The van der Waals surface area contributed by atoms with Gasteiger partial charge in [-0.3, -0.25) is 4.79 Å². The lowest BCUT2D eigenvalue weighted by Crippen LogP contribution is -2.26. The third kappa shape index (κ3) is 3.59. The summed E-state index contributed by atoms with van der Waals surface area (Å²) in [5.41, 5.74) is 0.308. The number of aryl methyl sites for hydroxylation is 1. The van der Waals surface area contributed by atoms with E-state index in [4.69, 9.17) is 9.15 Å². The molecule has 0 N–H and O–H groups in total. The van der Waals surface area contributed by atoms with Gasteiger partial charge in [-0.25, -0.2) is 4.98 Å². The van der Waals surface area contributed by atoms with E-state index >= 15 is 0 Å². The molecule has 102 valence electrons. The lowest BCUT2D eigenvalue weighted by atomic mass is 9.87. The van der Waals surface area contributed by atoms with Crippen LogP contribution in [0.1, 0.15) is 52.6 Å². The topological polar surface area (TPSA) is 52.3 Å². The van der Waals surface area contributed by atoms with Crippen LogP contribution in [0.15, 0.2) is 10.7 Å². The van der Waals surface area contributed by atoms with Gasteiger partial charge in [0.05, 0.1) is 18.2 Å². The molecule has 18 heavy (non-hydrogen) atoms. The van der Waals surface area contributed by atoms with Crippen LogP contribution in [-0.2, 0) is 21.4 Å². The highest BCUT2D eigenvalue weighted by atomic mass is 16.5. The molecule has 0 atom stereocenters. The molecule has 1 aromatic rings. The second-order valence-electron chi connectivity index (χ2n) is 6.27. The molecule has 0 fully saturated rings. The maximum absolute atomic E-state index is 11.6. The maximum Gasteiger partial charge on any atom is 0.311 e. The molecule has 0 aromatic carbocycles. The number of carbonyl (C=O) groups is 1. The van der Waals surface area contributed by atoms with Gasteiger partial charge >= 0.3 is 5.97 Å². The van der Waals surface area contributed by atoms with Crippen LogP contribution in [0.4, 0.5) is 0 Å². The van der Waals surface area contributed by atoms with E-state index in [2.05, 4.69) is 25.8 Å². The number of aromatic nitrogens is 1. The Labute approximate surface area is 109 Å². The summed E-state index contributed by atoms with van der Waals surface area (Å²) in [5, 5.41) is 0. The highest BCUT2D eigenvalue weighted by Crippen LogP contribution is 2.26. The molecular weight excluding hydrogens is 230 g/mol. The molecule has 0 amide bonds. The van der Waals surface area contributed by atoms with E-state index in [1.807, 2.05) is 13.8 Å². The summed E-state index contributed by atoms with van der Waals surface area (Å²) in [6.45, 7) is 9.93. The number of methoxy groups -OCH3 is 1. The number of oxazole rings is 1. The predicted octanol–water partition coefficient (Wildman–Crippen LogP) is 3.10. The van der Waals surface area contributed by atoms with Crippen LogP contribution in [0.3, 0.4) is 0 Å². The van der Waals surface area contributed by atoms with Gasteiger partial charge < -0.3 is 9.15 Å². The zero-order chi connectivity index (χ0) is 14.0. The number of nitrogens with zero attached hydrogens (tertiary/aromatic N) is 1. The second-order valence-corrected chi connectivity index (χ2v) is 6.27. The summed E-state index contributed by atoms with van der Waals surface area (Å²) < 4.78 is 10.2. The van der Waals surface area contributed by atoms with Crippen molar-refractivity contribution in [1.29, 1.82) is 0 Å². The molecule has 0 radical (unpaired) electrons. The van der Waals surface area contributed by atoms with Gasteiger partial charge in [0.25, 0.3) is 0 Å². The largest absolute Gasteiger partial charge is 0.469 e. The highest BCUT2D eigenvalue weighted by molar-refractivity contribution is 5.75. The molecule has 4 nitrogen and oxygen atoms in total. The molecular formula is C14H23NO3. The van der Waals surface area contributed by atoms with Crippen LogP contribution < -0.4 is 0 Å². The summed E-state index contributed by atoms with van der Waals surface area (Å²) in [6, 6.07) is 0. The number of carbonyl (C=O) groups excluding carboxylic acids is 1. The summed E-state index contributed by atoms with van der Waals surface area (Å²) in [7, 11) is 1.41. The molecule has 1 heterocycles. The molecule has 0 spiro atoms. The first-order valence-corrected chi connectivity index (χ1v) is 6.20. The fourth-order valence-corrected chi connectivity index (χ4v) is 1.59. The third-order valence-corrected chi connectivity index (χ3v) is 2.94. The van der Waals surface area contributed by atoms with Crippen molar-refractivity contribution in [3.63, 3.8) is 0 Å². The quantitative estimate of drug-likeness (QED) is 0.774. The first kappa shape index (κ1) is 14.7. The van der Waals surface area contributed by atoms with Crippen LogP contribution in [-0.4, -0.2) is 18.1 Å². The van der Waals surface area contributed by atoms with Crippen LogP contribution in [0.25, 0.3) is 0 Å². The normalized spacial score (nSPS) is 12.6. The number of rotatable bonds is 4. The molecule has 0 saturated carbocycles. The molecule has 1 rings (SSSR count). The van der Waals surface area contributed by atoms with Crippen LogP contribution in [0.2, 0.25) is 0 Å². The fourth-order valence-electron chi connectivity index (χ4n) is 1.59.